The van der Waals surface area contributed by atoms with E-state index in [0.717, 1.165) is 43.7 Å². The topological polar surface area (TPSA) is 73.5 Å². The Bertz CT molecular complexity index is 616. The first-order chi connectivity index (χ1) is 11.5. The van der Waals surface area contributed by atoms with Crippen molar-refractivity contribution in [2.24, 2.45) is 11.3 Å². The average molecular weight is 403 g/mol. The van der Waals surface area contributed by atoms with E-state index in [0.29, 0.717) is 6.54 Å². The minimum Gasteiger partial charge on any atom is -0.326 e. The first kappa shape index (κ1) is 22.7. The molecule has 8 heteroatoms. The van der Waals surface area contributed by atoms with Crippen LogP contribution in [-0.2, 0) is 9.59 Å². The van der Waals surface area contributed by atoms with Gasteiger partial charge in [0.15, 0.2) is 0 Å². The third-order valence-electron chi connectivity index (χ3n) is 5.00. The van der Waals surface area contributed by atoms with E-state index in [4.69, 9.17) is 0 Å². The SMILES string of the molecule is CN(C)CC(=O)Nc1ccc(NC(=O)C2CC23CCNCC3)cc1.Cl.Cl. The first-order valence-electron chi connectivity index (χ1n) is 8.55. The molecule has 2 amide bonds. The van der Waals surface area contributed by atoms with Gasteiger partial charge in [-0.3, -0.25) is 9.59 Å². The molecule has 1 aliphatic carbocycles. The fraction of sp³-hybridized carbons (Fsp3) is 0.556. The van der Waals surface area contributed by atoms with Crippen LogP contribution in [0.15, 0.2) is 24.3 Å². The maximum absolute atomic E-state index is 12.4. The summed E-state index contributed by atoms with van der Waals surface area (Å²) in [5.41, 5.74) is 1.76. The molecule has 26 heavy (non-hydrogen) atoms. The van der Waals surface area contributed by atoms with E-state index >= 15 is 0 Å². The number of carbonyl (C=O) groups is 2. The maximum atomic E-state index is 12.4. The number of likely N-dealkylation sites (N-methyl/N-ethyl adjacent to an activating group) is 1. The van der Waals surface area contributed by atoms with Gasteiger partial charge in [-0.1, -0.05) is 0 Å². The molecule has 2 fully saturated rings. The van der Waals surface area contributed by atoms with Crippen molar-refractivity contribution in [3.05, 3.63) is 24.3 Å². The average Bonchev–Trinajstić information content (AvgIpc) is 3.22. The van der Waals surface area contributed by atoms with Crippen molar-refractivity contribution in [2.75, 3.05) is 44.4 Å². The second-order valence-electron chi connectivity index (χ2n) is 7.22. The molecule has 3 rings (SSSR count). The van der Waals surface area contributed by atoms with Gasteiger partial charge >= 0.3 is 0 Å². The summed E-state index contributed by atoms with van der Waals surface area (Å²) in [6, 6.07) is 7.30. The number of anilines is 2. The fourth-order valence-corrected chi connectivity index (χ4v) is 3.55. The summed E-state index contributed by atoms with van der Waals surface area (Å²) >= 11 is 0. The van der Waals surface area contributed by atoms with Gasteiger partial charge in [-0.05, 0) is 76.1 Å². The predicted molar refractivity (Wildman–Crippen MR) is 109 cm³/mol. The lowest BCUT2D eigenvalue weighted by Crippen LogP contribution is -2.31. The zero-order chi connectivity index (χ0) is 17.2. The Labute approximate surface area is 167 Å². The van der Waals surface area contributed by atoms with Crippen LogP contribution in [0.4, 0.5) is 11.4 Å². The van der Waals surface area contributed by atoms with Crippen molar-refractivity contribution in [2.45, 2.75) is 19.3 Å². The van der Waals surface area contributed by atoms with Crippen molar-refractivity contribution in [1.29, 1.82) is 0 Å². The van der Waals surface area contributed by atoms with Crippen molar-refractivity contribution < 1.29 is 9.59 Å². The molecule has 1 saturated heterocycles. The summed E-state index contributed by atoms with van der Waals surface area (Å²) in [5, 5.41) is 9.20. The number of halogens is 2. The Morgan fingerprint density at radius 2 is 1.62 bits per heavy atom. The highest BCUT2D eigenvalue weighted by Gasteiger charge is 2.57. The van der Waals surface area contributed by atoms with Crippen LogP contribution in [-0.4, -0.2) is 50.4 Å². The highest BCUT2D eigenvalue weighted by atomic mass is 35.5. The molecule has 1 unspecified atom stereocenters. The van der Waals surface area contributed by atoms with E-state index < -0.39 is 0 Å². The van der Waals surface area contributed by atoms with E-state index in [9.17, 15) is 9.59 Å². The number of piperidine rings is 1. The molecular formula is C18H28Cl2N4O2. The van der Waals surface area contributed by atoms with Crippen LogP contribution in [0.5, 0.6) is 0 Å². The summed E-state index contributed by atoms with van der Waals surface area (Å²) in [5.74, 6) is 0.225. The van der Waals surface area contributed by atoms with Crippen molar-refractivity contribution in [1.82, 2.24) is 10.2 Å². The molecule has 1 atom stereocenters. The third-order valence-corrected chi connectivity index (χ3v) is 5.00. The van der Waals surface area contributed by atoms with Gasteiger partial charge < -0.3 is 20.9 Å². The van der Waals surface area contributed by atoms with Crippen LogP contribution >= 0.6 is 24.8 Å². The molecule has 1 heterocycles. The van der Waals surface area contributed by atoms with Gasteiger partial charge in [0.2, 0.25) is 11.8 Å². The first-order valence-corrected chi connectivity index (χ1v) is 8.55. The molecule has 3 N–H and O–H groups in total. The van der Waals surface area contributed by atoms with Gasteiger partial charge in [-0.15, -0.1) is 24.8 Å². The van der Waals surface area contributed by atoms with Crippen LogP contribution in [0, 0.1) is 11.3 Å². The summed E-state index contributed by atoms with van der Waals surface area (Å²) in [6.07, 6.45) is 3.21. The number of benzene rings is 1. The van der Waals surface area contributed by atoms with E-state index in [-0.39, 0.29) is 48.0 Å². The number of nitrogens with zero attached hydrogens (tertiary/aromatic N) is 1. The van der Waals surface area contributed by atoms with E-state index in [1.165, 1.54) is 0 Å². The molecule has 6 nitrogen and oxygen atoms in total. The fourth-order valence-electron chi connectivity index (χ4n) is 3.55. The maximum Gasteiger partial charge on any atom is 0.238 e. The lowest BCUT2D eigenvalue weighted by atomic mass is 9.92. The normalized spacial score (nSPS) is 19.9. The Kier molecular flexibility index (Phi) is 8.34. The number of hydrogen-bond acceptors (Lipinski definition) is 4. The minimum absolute atomic E-state index is 0. The smallest absolute Gasteiger partial charge is 0.238 e. The number of carbonyl (C=O) groups excluding carboxylic acids is 2. The molecule has 1 saturated carbocycles. The van der Waals surface area contributed by atoms with Crippen LogP contribution < -0.4 is 16.0 Å². The number of nitrogens with one attached hydrogen (secondary N) is 3. The second kappa shape index (κ2) is 9.55. The van der Waals surface area contributed by atoms with Crippen molar-refractivity contribution in [3.8, 4) is 0 Å². The molecule has 1 aromatic carbocycles. The third kappa shape index (κ3) is 5.58. The lowest BCUT2D eigenvalue weighted by molar-refractivity contribution is -0.118. The summed E-state index contributed by atoms with van der Waals surface area (Å²) in [6.45, 7) is 2.38. The highest BCUT2D eigenvalue weighted by Crippen LogP contribution is 2.58. The standard InChI is InChI=1S/C18H26N4O2.2ClH/c1-22(2)12-16(23)20-13-3-5-14(6-4-13)21-17(24)15-11-18(15)7-9-19-10-8-18;;/h3-6,15,19H,7-12H2,1-2H3,(H,20,23)(H,21,24);2*1H. The van der Waals surface area contributed by atoms with Crippen molar-refractivity contribution in [3.63, 3.8) is 0 Å². The molecule has 0 aromatic heterocycles. The number of amides is 2. The Morgan fingerprint density at radius 1 is 1.08 bits per heavy atom. The van der Waals surface area contributed by atoms with Gasteiger partial charge in [0.25, 0.3) is 0 Å². The largest absolute Gasteiger partial charge is 0.326 e. The van der Waals surface area contributed by atoms with Gasteiger partial charge in [-0.2, -0.15) is 0 Å². The number of hydrogen-bond donors (Lipinski definition) is 3. The Hall–Kier alpha value is -1.34. The van der Waals surface area contributed by atoms with E-state index in [2.05, 4.69) is 16.0 Å². The lowest BCUT2D eigenvalue weighted by Gasteiger charge is -2.23. The Morgan fingerprint density at radius 3 is 2.15 bits per heavy atom. The highest BCUT2D eigenvalue weighted by molar-refractivity contribution is 5.96. The van der Waals surface area contributed by atoms with Crippen LogP contribution in [0.1, 0.15) is 19.3 Å². The van der Waals surface area contributed by atoms with Crippen LogP contribution in [0.25, 0.3) is 0 Å². The summed E-state index contributed by atoms with van der Waals surface area (Å²) in [4.78, 5) is 26.0. The van der Waals surface area contributed by atoms with Gasteiger partial charge in [0, 0.05) is 17.3 Å². The molecule has 0 radical (unpaired) electrons. The quantitative estimate of drug-likeness (QED) is 0.706. The molecule has 1 aliphatic heterocycles. The zero-order valence-corrected chi connectivity index (χ0v) is 16.8. The van der Waals surface area contributed by atoms with E-state index in [1.807, 2.05) is 43.3 Å². The second-order valence-corrected chi connectivity index (χ2v) is 7.22. The monoisotopic (exact) mass is 402 g/mol. The van der Waals surface area contributed by atoms with Gasteiger partial charge in [0.1, 0.15) is 0 Å². The molecule has 2 aliphatic rings. The van der Waals surface area contributed by atoms with E-state index in [1.54, 1.807) is 0 Å². The molecule has 146 valence electrons. The minimum atomic E-state index is -0.0531. The molecule has 1 spiro atoms. The van der Waals surface area contributed by atoms with Gasteiger partial charge in [-0.25, -0.2) is 0 Å². The molecule has 1 aromatic rings. The van der Waals surface area contributed by atoms with Crippen LogP contribution in [0.2, 0.25) is 0 Å². The molecular weight excluding hydrogens is 375 g/mol. The zero-order valence-electron chi connectivity index (χ0n) is 15.2. The van der Waals surface area contributed by atoms with Gasteiger partial charge in [0.05, 0.1) is 6.54 Å². The predicted octanol–water partition coefficient (Wildman–Crippen LogP) is 2.36. The summed E-state index contributed by atoms with van der Waals surface area (Å²) in [7, 11) is 3.70. The van der Waals surface area contributed by atoms with Crippen LogP contribution in [0.3, 0.4) is 0 Å². The Balaban J connectivity index is 0.00000169. The van der Waals surface area contributed by atoms with Crippen molar-refractivity contribution >= 4 is 48.0 Å². The summed E-state index contributed by atoms with van der Waals surface area (Å²) < 4.78 is 0. The number of rotatable bonds is 5. The molecule has 0 bridgehead atoms.